The smallest absolute Gasteiger partial charge is 0.124 e. The van der Waals surface area contributed by atoms with E-state index in [0.717, 1.165) is 0 Å². The topological polar surface area (TPSA) is 59.1 Å². The van der Waals surface area contributed by atoms with Crippen LogP contribution in [0.5, 0.6) is 0 Å². The second kappa shape index (κ2) is 3.23. The Morgan fingerprint density at radius 3 is 2.93 bits per heavy atom. The summed E-state index contributed by atoms with van der Waals surface area (Å²) in [4.78, 5) is 4.05. The van der Waals surface area contributed by atoms with E-state index in [1.54, 1.807) is 6.07 Å². The maximum atomic E-state index is 12.9. The summed E-state index contributed by atoms with van der Waals surface area (Å²) in [5.74, 6) is -0.360. The molecule has 2 rings (SSSR count). The molecule has 1 aromatic carbocycles. The Balaban J connectivity index is 2.79. The number of aromatic nitrogens is 1. The minimum atomic E-state index is -0.360. The van der Waals surface area contributed by atoms with Crippen LogP contribution >= 0.6 is 0 Å². The summed E-state index contributed by atoms with van der Waals surface area (Å²) < 4.78 is 12.9. The summed E-state index contributed by atoms with van der Waals surface area (Å²) in [6, 6.07) is 4.20. The molecule has 14 heavy (non-hydrogen) atoms. The first-order chi connectivity index (χ1) is 6.72. The lowest BCUT2D eigenvalue weighted by atomic mass is 10.1. The third-order valence-corrected chi connectivity index (χ3v) is 2.12. The van der Waals surface area contributed by atoms with Crippen molar-refractivity contribution in [1.82, 2.24) is 4.98 Å². The van der Waals surface area contributed by atoms with Crippen LogP contribution in [0.1, 0.15) is 5.56 Å². The van der Waals surface area contributed by atoms with Gasteiger partial charge in [0.25, 0.3) is 0 Å². The van der Waals surface area contributed by atoms with Crippen molar-refractivity contribution in [1.29, 1.82) is 0 Å². The van der Waals surface area contributed by atoms with E-state index in [-0.39, 0.29) is 12.4 Å². The molecule has 3 N–H and O–H groups in total. The van der Waals surface area contributed by atoms with Gasteiger partial charge in [-0.3, -0.25) is 4.98 Å². The molecule has 3 nitrogen and oxygen atoms in total. The van der Waals surface area contributed by atoms with Crippen LogP contribution in [-0.4, -0.2) is 10.1 Å². The highest BCUT2D eigenvalue weighted by Crippen LogP contribution is 2.23. The number of nitrogens with zero attached hydrogens (tertiary/aromatic N) is 1. The molecule has 0 atom stereocenters. The second-order valence-electron chi connectivity index (χ2n) is 3.02. The molecule has 72 valence electrons. The van der Waals surface area contributed by atoms with Gasteiger partial charge in [-0.15, -0.1) is 0 Å². The molecule has 0 saturated carbocycles. The summed E-state index contributed by atoms with van der Waals surface area (Å²) in [7, 11) is 0. The van der Waals surface area contributed by atoms with Crippen LogP contribution < -0.4 is 5.73 Å². The molecule has 0 radical (unpaired) electrons. The first kappa shape index (κ1) is 8.90. The van der Waals surface area contributed by atoms with Crippen LogP contribution in [0.3, 0.4) is 0 Å². The maximum absolute atomic E-state index is 12.9. The number of hydrogen-bond donors (Lipinski definition) is 2. The Morgan fingerprint density at radius 2 is 2.21 bits per heavy atom. The third kappa shape index (κ3) is 1.29. The minimum Gasteiger partial charge on any atom is -0.398 e. The number of benzene rings is 1. The highest BCUT2D eigenvalue weighted by Gasteiger charge is 2.05. The summed E-state index contributed by atoms with van der Waals surface area (Å²) >= 11 is 0. The van der Waals surface area contributed by atoms with Crippen LogP contribution in [0.15, 0.2) is 24.4 Å². The summed E-state index contributed by atoms with van der Waals surface area (Å²) in [6.45, 7) is -0.189. The van der Waals surface area contributed by atoms with Gasteiger partial charge in [0.2, 0.25) is 0 Å². The lowest BCUT2D eigenvalue weighted by Gasteiger charge is -2.05. The monoisotopic (exact) mass is 192 g/mol. The molecule has 1 heterocycles. The van der Waals surface area contributed by atoms with E-state index in [1.807, 2.05) is 0 Å². The van der Waals surface area contributed by atoms with Crippen LogP contribution in [0.25, 0.3) is 10.9 Å². The van der Waals surface area contributed by atoms with Gasteiger partial charge in [0.15, 0.2) is 0 Å². The Hall–Kier alpha value is -1.68. The largest absolute Gasteiger partial charge is 0.398 e. The number of nitrogens with two attached hydrogens (primary N) is 1. The highest BCUT2D eigenvalue weighted by atomic mass is 19.1. The number of halogens is 1. The van der Waals surface area contributed by atoms with Crippen LogP contribution in [-0.2, 0) is 6.61 Å². The van der Waals surface area contributed by atoms with Gasteiger partial charge in [0.1, 0.15) is 5.82 Å². The van der Waals surface area contributed by atoms with E-state index >= 15 is 0 Å². The number of fused-ring (bicyclic) bond motifs is 1. The van der Waals surface area contributed by atoms with Crippen molar-refractivity contribution in [3.63, 3.8) is 0 Å². The summed E-state index contributed by atoms with van der Waals surface area (Å²) in [6.07, 6.45) is 1.50. The number of aliphatic hydroxyl groups excluding tert-OH is 1. The lowest BCUT2D eigenvalue weighted by molar-refractivity contribution is 0.282. The van der Waals surface area contributed by atoms with Crippen LogP contribution in [0.4, 0.5) is 10.1 Å². The van der Waals surface area contributed by atoms with Crippen LogP contribution in [0.2, 0.25) is 0 Å². The standard InChI is InChI=1S/C10H9FN2O/c11-7-1-2-9-8(3-7)10(12)6(5-14)4-13-9/h1-4,14H,5H2,(H2,12,13). The Morgan fingerprint density at radius 1 is 1.43 bits per heavy atom. The van der Waals surface area contributed by atoms with Crippen molar-refractivity contribution >= 4 is 16.6 Å². The van der Waals surface area contributed by atoms with Gasteiger partial charge in [-0.1, -0.05) is 0 Å². The number of hydrogen-bond acceptors (Lipinski definition) is 3. The zero-order valence-corrected chi connectivity index (χ0v) is 7.37. The number of nitrogen functional groups attached to an aromatic ring is 1. The molecule has 2 aromatic rings. The normalized spacial score (nSPS) is 10.7. The van der Waals surface area contributed by atoms with Crippen LogP contribution in [0, 0.1) is 5.82 Å². The molecular weight excluding hydrogens is 183 g/mol. The third-order valence-electron chi connectivity index (χ3n) is 2.12. The average Bonchev–Trinajstić information content (AvgIpc) is 2.20. The highest BCUT2D eigenvalue weighted by molar-refractivity contribution is 5.91. The van der Waals surface area contributed by atoms with Crippen molar-refractivity contribution in [3.8, 4) is 0 Å². The quantitative estimate of drug-likeness (QED) is 0.718. The van der Waals surface area contributed by atoms with E-state index in [2.05, 4.69) is 4.98 Å². The lowest BCUT2D eigenvalue weighted by Crippen LogP contribution is -1.97. The molecule has 0 amide bonds. The summed E-state index contributed by atoms with van der Waals surface area (Å²) in [5.41, 5.74) is 7.26. The van der Waals surface area contributed by atoms with Crippen molar-refractivity contribution < 1.29 is 9.50 Å². The van der Waals surface area contributed by atoms with Gasteiger partial charge < -0.3 is 10.8 Å². The molecule has 1 aromatic heterocycles. The molecular formula is C10H9FN2O. The predicted molar refractivity (Wildman–Crippen MR) is 52.0 cm³/mol. The molecule has 0 spiro atoms. The molecule has 0 saturated heterocycles. The maximum Gasteiger partial charge on any atom is 0.124 e. The van der Waals surface area contributed by atoms with Gasteiger partial charge in [-0.25, -0.2) is 4.39 Å². The van der Waals surface area contributed by atoms with Gasteiger partial charge >= 0.3 is 0 Å². The summed E-state index contributed by atoms with van der Waals surface area (Å²) in [5, 5.41) is 9.47. The molecule has 0 unspecified atom stereocenters. The molecule has 0 aliphatic carbocycles. The van der Waals surface area contributed by atoms with Crippen molar-refractivity contribution in [2.24, 2.45) is 0 Å². The zero-order valence-electron chi connectivity index (χ0n) is 7.37. The number of pyridine rings is 1. The van der Waals surface area contributed by atoms with Gasteiger partial charge in [0, 0.05) is 22.8 Å². The van der Waals surface area contributed by atoms with E-state index in [0.29, 0.717) is 22.2 Å². The van der Waals surface area contributed by atoms with Gasteiger partial charge in [-0.2, -0.15) is 0 Å². The van der Waals surface area contributed by atoms with Crippen molar-refractivity contribution in [3.05, 3.63) is 35.8 Å². The Labute approximate surface area is 80.0 Å². The number of anilines is 1. The fraction of sp³-hybridized carbons (Fsp3) is 0.100. The van der Waals surface area contributed by atoms with Gasteiger partial charge in [-0.05, 0) is 18.2 Å². The van der Waals surface area contributed by atoms with E-state index in [9.17, 15) is 4.39 Å². The predicted octanol–water partition coefficient (Wildman–Crippen LogP) is 1.45. The van der Waals surface area contributed by atoms with E-state index in [1.165, 1.54) is 18.3 Å². The first-order valence-corrected chi connectivity index (χ1v) is 4.16. The average molecular weight is 192 g/mol. The zero-order chi connectivity index (χ0) is 10.1. The minimum absolute atomic E-state index is 0.189. The first-order valence-electron chi connectivity index (χ1n) is 4.16. The SMILES string of the molecule is Nc1c(CO)cnc2ccc(F)cc12. The second-order valence-corrected chi connectivity index (χ2v) is 3.02. The molecule has 0 bridgehead atoms. The molecule has 0 aliphatic heterocycles. The number of rotatable bonds is 1. The Bertz CT molecular complexity index is 485. The van der Waals surface area contributed by atoms with Gasteiger partial charge in [0.05, 0.1) is 12.1 Å². The molecule has 4 heteroatoms. The molecule has 0 fully saturated rings. The van der Waals surface area contributed by atoms with Crippen molar-refractivity contribution in [2.75, 3.05) is 5.73 Å². The number of aliphatic hydroxyl groups is 1. The van der Waals surface area contributed by atoms with Crippen molar-refractivity contribution in [2.45, 2.75) is 6.61 Å². The van der Waals surface area contributed by atoms with E-state index in [4.69, 9.17) is 10.8 Å². The molecule has 0 aliphatic rings. The fourth-order valence-electron chi connectivity index (χ4n) is 1.35. The van der Waals surface area contributed by atoms with E-state index < -0.39 is 0 Å². The fourth-order valence-corrected chi connectivity index (χ4v) is 1.35. The Kier molecular flexibility index (Phi) is 2.05.